The number of rotatable bonds is 6. The number of aliphatic imine (C=N–C) groups is 1. The summed E-state index contributed by atoms with van der Waals surface area (Å²) in [5.41, 5.74) is 6.23. The molecule has 0 radical (unpaired) electrons. The van der Waals surface area contributed by atoms with Crippen LogP contribution in [0.3, 0.4) is 0 Å². The molecule has 0 aromatic heterocycles. The molecule has 4 heteroatoms. The molecule has 0 atom stereocenters. The highest BCUT2D eigenvalue weighted by atomic mass is 32.2. The summed E-state index contributed by atoms with van der Waals surface area (Å²) in [6, 6.07) is 8.15. The van der Waals surface area contributed by atoms with Crippen molar-refractivity contribution in [1.82, 2.24) is 5.43 Å². The third kappa shape index (κ3) is 5.19. The van der Waals surface area contributed by atoms with Gasteiger partial charge in [-0.1, -0.05) is 42.0 Å². The van der Waals surface area contributed by atoms with E-state index >= 15 is 0 Å². The topological polar surface area (TPSA) is 36.8 Å². The summed E-state index contributed by atoms with van der Waals surface area (Å²) in [7, 11) is 0. The highest BCUT2D eigenvalue weighted by molar-refractivity contribution is 7.99. The van der Waals surface area contributed by atoms with Gasteiger partial charge in [-0.05, 0) is 13.8 Å². The standard InChI is InChI=1S/C14H19N3S/c1-11(2)9-18-10-16-14(17-15-4)13-7-5-12(3)6-8-13/h5-8H,1,4,9-10H2,2-3H3,(H,16,17). The molecule has 0 bridgehead atoms. The van der Waals surface area contributed by atoms with Gasteiger partial charge in [0, 0.05) is 18.0 Å². The van der Waals surface area contributed by atoms with Crippen molar-refractivity contribution >= 4 is 24.3 Å². The monoisotopic (exact) mass is 261 g/mol. The second-order valence-corrected chi connectivity index (χ2v) is 5.03. The SMILES string of the molecule is C=NNC(=NCSCC(=C)C)c1ccc(C)cc1. The van der Waals surface area contributed by atoms with E-state index in [0.717, 1.165) is 22.7 Å². The average Bonchev–Trinajstić information content (AvgIpc) is 2.34. The lowest BCUT2D eigenvalue weighted by Crippen LogP contribution is -2.18. The van der Waals surface area contributed by atoms with Crippen LogP contribution in [0.25, 0.3) is 0 Å². The summed E-state index contributed by atoms with van der Waals surface area (Å²) >= 11 is 1.72. The molecule has 18 heavy (non-hydrogen) atoms. The van der Waals surface area contributed by atoms with Crippen LogP contribution in [0.5, 0.6) is 0 Å². The van der Waals surface area contributed by atoms with Gasteiger partial charge in [0.15, 0.2) is 0 Å². The largest absolute Gasteiger partial charge is 0.262 e. The smallest absolute Gasteiger partial charge is 0.149 e. The zero-order chi connectivity index (χ0) is 13.4. The lowest BCUT2D eigenvalue weighted by atomic mass is 10.1. The van der Waals surface area contributed by atoms with E-state index in [0.29, 0.717) is 5.88 Å². The Morgan fingerprint density at radius 3 is 2.56 bits per heavy atom. The first-order valence-corrected chi connectivity index (χ1v) is 6.84. The molecule has 1 rings (SSSR count). The number of amidine groups is 1. The molecule has 0 amide bonds. The first-order valence-electron chi connectivity index (χ1n) is 5.69. The Morgan fingerprint density at radius 2 is 2.00 bits per heavy atom. The second kappa shape index (κ2) is 7.71. The maximum Gasteiger partial charge on any atom is 0.149 e. The molecule has 1 aromatic carbocycles. The molecular formula is C14H19N3S. The molecule has 0 spiro atoms. The lowest BCUT2D eigenvalue weighted by molar-refractivity contribution is 1.03. The minimum absolute atomic E-state index is 0.679. The third-order valence-corrected chi connectivity index (χ3v) is 3.18. The molecule has 0 unspecified atom stereocenters. The van der Waals surface area contributed by atoms with Crippen molar-refractivity contribution in [2.75, 3.05) is 11.6 Å². The van der Waals surface area contributed by atoms with E-state index in [4.69, 9.17) is 0 Å². The second-order valence-electron chi connectivity index (χ2n) is 4.08. The van der Waals surface area contributed by atoms with Crippen LogP contribution in [-0.2, 0) is 0 Å². The minimum atomic E-state index is 0.679. The van der Waals surface area contributed by atoms with Crippen LogP contribution < -0.4 is 5.43 Å². The number of hydrazone groups is 1. The van der Waals surface area contributed by atoms with Crippen LogP contribution in [0.15, 0.2) is 46.5 Å². The molecule has 3 nitrogen and oxygen atoms in total. The van der Waals surface area contributed by atoms with E-state index in [-0.39, 0.29) is 0 Å². The van der Waals surface area contributed by atoms with Gasteiger partial charge >= 0.3 is 0 Å². The molecule has 0 saturated heterocycles. The maximum atomic E-state index is 4.48. The van der Waals surface area contributed by atoms with Gasteiger partial charge in [0.2, 0.25) is 0 Å². The van der Waals surface area contributed by atoms with Crippen molar-refractivity contribution in [3.63, 3.8) is 0 Å². The number of nitrogens with zero attached hydrogens (tertiary/aromatic N) is 2. The van der Waals surface area contributed by atoms with E-state index in [1.165, 1.54) is 5.56 Å². The number of nitrogens with one attached hydrogen (secondary N) is 1. The van der Waals surface area contributed by atoms with Gasteiger partial charge < -0.3 is 0 Å². The summed E-state index contributed by atoms with van der Waals surface area (Å²) < 4.78 is 0. The van der Waals surface area contributed by atoms with Crippen molar-refractivity contribution in [2.45, 2.75) is 13.8 Å². The minimum Gasteiger partial charge on any atom is -0.262 e. The van der Waals surface area contributed by atoms with Crippen LogP contribution >= 0.6 is 11.8 Å². The zero-order valence-corrected chi connectivity index (χ0v) is 11.8. The van der Waals surface area contributed by atoms with Crippen LogP contribution in [0.4, 0.5) is 0 Å². The van der Waals surface area contributed by atoms with Gasteiger partial charge in [-0.2, -0.15) is 5.10 Å². The molecule has 96 valence electrons. The van der Waals surface area contributed by atoms with Crippen molar-refractivity contribution in [1.29, 1.82) is 0 Å². The lowest BCUT2D eigenvalue weighted by Gasteiger charge is -2.06. The number of benzene rings is 1. The Labute approximate surface area is 113 Å². The van der Waals surface area contributed by atoms with Crippen LogP contribution in [0.1, 0.15) is 18.1 Å². The molecule has 0 heterocycles. The molecule has 0 aliphatic heterocycles. The summed E-state index contributed by atoms with van der Waals surface area (Å²) in [6.45, 7) is 11.4. The van der Waals surface area contributed by atoms with Gasteiger partial charge in [0.25, 0.3) is 0 Å². The maximum absolute atomic E-state index is 4.48. The first kappa shape index (κ1) is 14.5. The van der Waals surface area contributed by atoms with Crippen LogP contribution in [0.2, 0.25) is 0 Å². The third-order valence-electron chi connectivity index (χ3n) is 2.17. The van der Waals surface area contributed by atoms with Gasteiger partial charge in [0.05, 0.1) is 5.88 Å². The molecule has 0 aliphatic carbocycles. The van der Waals surface area contributed by atoms with E-state index < -0.39 is 0 Å². The highest BCUT2D eigenvalue weighted by Gasteiger charge is 2.01. The molecule has 1 N–H and O–H groups in total. The van der Waals surface area contributed by atoms with Crippen molar-refractivity contribution < 1.29 is 0 Å². The predicted molar refractivity (Wildman–Crippen MR) is 82.5 cm³/mol. The predicted octanol–water partition coefficient (Wildman–Crippen LogP) is 3.21. The van der Waals surface area contributed by atoms with E-state index in [2.05, 4.69) is 47.9 Å². The Balaban J connectivity index is 2.69. The average molecular weight is 261 g/mol. The fourth-order valence-corrected chi connectivity index (χ4v) is 1.97. The summed E-state index contributed by atoms with van der Waals surface area (Å²) in [5, 5.41) is 3.69. The van der Waals surface area contributed by atoms with Crippen molar-refractivity contribution in [2.24, 2.45) is 10.1 Å². The first-order chi connectivity index (χ1) is 8.63. The van der Waals surface area contributed by atoms with E-state index in [9.17, 15) is 0 Å². The summed E-state index contributed by atoms with van der Waals surface area (Å²) in [6.07, 6.45) is 0. The summed E-state index contributed by atoms with van der Waals surface area (Å²) in [5.74, 6) is 2.35. The highest BCUT2D eigenvalue weighted by Crippen LogP contribution is 2.08. The fraction of sp³-hybridized carbons (Fsp3) is 0.286. The summed E-state index contributed by atoms with van der Waals surface area (Å²) in [4.78, 5) is 4.48. The van der Waals surface area contributed by atoms with Crippen LogP contribution in [-0.4, -0.2) is 24.2 Å². The number of thioether (sulfide) groups is 1. The Bertz CT molecular complexity index is 435. The number of hydrogen-bond acceptors (Lipinski definition) is 3. The number of hydrogen-bond donors (Lipinski definition) is 1. The van der Waals surface area contributed by atoms with Crippen molar-refractivity contribution in [3.8, 4) is 0 Å². The number of aryl methyl sites for hydroxylation is 1. The zero-order valence-electron chi connectivity index (χ0n) is 10.9. The van der Waals surface area contributed by atoms with Crippen LogP contribution in [0, 0.1) is 6.92 Å². The van der Waals surface area contributed by atoms with Gasteiger partial charge in [-0.3, -0.25) is 10.4 Å². The normalized spacial score (nSPS) is 11.1. The Hall–Kier alpha value is -1.55. The molecule has 0 saturated carbocycles. The van der Waals surface area contributed by atoms with E-state index in [1.807, 2.05) is 19.1 Å². The van der Waals surface area contributed by atoms with E-state index in [1.54, 1.807) is 11.8 Å². The molecule has 1 aromatic rings. The quantitative estimate of drug-likeness (QED) is 0.281. The molecule has 0 fully saturated rings. The van der Waals surface area contributed by atoms with Crippen molar-refractivity contribution in [3.05, 3.63) is 47.5 Å². The molecule has 0 aliphatic rings. The molecular weight excluding hydrogens is 242 g/mol. The van der Waals surface area contributed by atoms with Gasteiger partial charge in [-0.25, -0.2) is 0 Å². The fourth-order valence-electron chi connectivity index (χ4n) is 1.31. The Kier molecular flexibility index (Phi) is 6.22. The Morgan fingerprint density at radius 1 is 1.33 bits per heavy atom. The van der Waals surface area contributed by atoms with Gasteiger partial charge in [-0.15, -0.1) is 11.8 Å². The van der Waals surface area contributed by atoms with Gasteiger partial charge in [0.1, 0.15) is 5.84 Å².